The van der Waals surface area contributed by atoms with Crippen LogP contribution in [0, 0.1) is 5.82 Å². The molecule has 1 amide bonds. The van der Waals surface area contributed by atoms with Crippen LogP contribution in [0.5, 0.6) is 0 Å². The van der Waals surface area contributed by atoms with E-state index in [1.807, 2.05) is 42.5 Å². The number of fused-ring (bicyclic) bond motifs is 2. The van der Waals surface area contributed by atoms with E-state index in [-0.39, 0.29) is 23.4 Å². The molecule has 0 radical (unpaired) electrons. The Morgan fingerprint density at radius 1 is 1.03 bits per heavy atom. The number of halogens is 2. The number of carbonyl (C=O) groups is 2. The number of thioether (sulfide) groups is 1. The molecule has 1 spiro atoms. The van der Waals surface area contributed by atoms with Gasteiger partial charge in [0.05, 0.1) is 4.91 Å². The molecule has 31 heavy (non-hydrogen) atoms. The van der Waals surface area contributed by atoms with Gasteiger partial charge in [0.2, 0.25) is 5.91 Å². The molecule has 0 saturated carbocycles. The van der Waals surface area contributed by atoms with Gasteiger partial charge in [-0.05, 0) is 36.2 Å². The number of carbonyl (C=O) groups excluding carboxylic acids is 2. The summed E-state index contributed by atoms with van der Waals surface area (Å²) < 4.78 is 13.4. The van der Waals surface area contributed by atoms with Crippen molar-refractivity contribution in [2.24, 2.45) is 0 Å². The van der Waals surface area contributed by atoms with E-state index in [0.29, 0.717) is 16.9 Å². The normalized spacial score (nSPS) is 22.1. The number of benzene rings is 3. The van der Waals surface area contributed by atoms with Crippen molar-refractivity contribution in [1.29, 1.82) is 0 Å². The second-order valence-electron chi connectivity index (χ2n) is 7.56. The van der Waals surface area contributed by atoms with Crippen LogP contribution in [0.25, 0.3) is 0 Å². The van der Waals surface area contributed by atoms with E-state index in [2.05, 4.69) is 21.2 Å². The molecule has 0 bridgehead atoms. The van der Waals surface area contributed by atoms with Crippen LogP contribution in [0.2, 0.25) is 0 Å². The Bertz CT molecular complexity index is 1230. The van der Waals surface area contributed by atoms with Crippen LogP contribution >= 0.6 is 27.7 Å². The Balaban J connectivity index is 1.68. The summed E-state index contributed by atoms with van der Waals surface area (Å²) in [6, 6.07) is 21.0. The van der Waals surface area contributed by atoms with Crippen molar-refractivity contribution in [1.82, 2.24) is 0 Å². The minimum Gasteiger partial charge on any atom is -0.324 e. The van der Waals surface area contributed by atoms with Gasteiger partial charge in [0.1, 0.15) is 10.6 Å². The number of allylic oxidation sites excluding steroid dienone is 2. The molecule has 0 aliphatic carbocycles. The molecule has 2 heterocycles. The number of ketones is 1. The van der Waals surface area contributed by atoms with Gasteiger partial charge >= 0.3 is 0 Å². The van der Waals surface area contributed by atoms with E-state index >= 15 is 0 Å². The zero-order chi connectivity index (χ0) is 21.6. The third-order valence-electron chi connectivity index (χ3n) is 5.80. The Morgan fingerprint density at radius 3 is 2.52 bits per heavy atom. The molecule has 3 aromatic carbocycles. The lowest BCUT2D eigenvalue weighted by Crippen LogP contribution is -2.40. The first-order valence-electron chi connectivity index (χ1n) is 9.85. The van der Waals surface area contributed by atoms with Gasteiger partial charge in [-0.25, -0.2) is 4.39 Å². The third-order valence-corrected chi connectivity index (χ3v) is 8.03. The molecule has 2 aliphatic heterocycles. The fraction of sp³-hybridized carbons (Fsp3) is 0.120. The van der Waals surface area contributed by atoms with Crippen LogP contribution in [0.4, 0.5) is 10.1 Å². The van der Waals surface area contributed by atoms with Crippen molar-refractivity contribution in [3.63, 3.8) is 0 Å². The van der Waals surface area contributed by atoms with E-state index < -0.39 is 4.75 Å². The Labute approximate surface area is 191 Å². The molecule has 0 aromatic heterocycles. The molecular weight excluding hydrogens is 477 g/mol. The van der Waals surface area contributed by atoms with E-state index in [1.54, 1.807) is 24.3 Å². The average molecular weight is 494 g/mol. The highest BCUT2D eigenvalue weighted by Crippen LogP contribution is 2.61. The van der Waals surface area contributed by atoms with Gasteiger partial charge in [-0.1, -0.05) is 82.3 Å². The number of Topliss-reactive ketones (excluding diaryl/α,β-unsaturated/α-hetero) is 1. The summed E-state index contributed by atoms with van der Waals surface area (Å²) in [6.07, 6.45) is 2.39. The second kappa shape index (κ2) is 7.77. The summed E-state index contributed by atoms with van der Waals surface area (Å²) in [7, 11) is 0. The fourth-order valence-electron chi connectivity index (χ4n) is 4.38. The highest BCUT2D eigenvalue weighted by molar-refractivity contribution is 9.10. The highest BCUT2D eigenvalue weighted by Gasteiger charge is 2.56. The predicted molar refractivity (Wildman–Crippen MR) is 125 cm³/mol. The second-order valence-corrected chi connectivity index (χ2v) is 9.70. The van der Waals surface area contributed by atoms with Gasteiger partial charge in [-0.2, -0.15) is 0 Å². The number of amides is 1. The van der Waals surface area contributed by atoms with Gasteiger partial charge in [0, 0.05) is 27.2 Å². The van der Waals surface area contributed by atoms with Crippen molar-refractivity contribution in [2.75, 3.05) is 5.32 Å². The number of hydrogen-bond donors (Lipinski definition) is 1. The summed E-state index contributed by atoms with van der Waals surface area (Å²) in [4.78, 5) is 27.3. The lowest BCUT2D eigenvalue weighted by atomic mass is 9.78. The summed E-state index contributed by atoms with van der Waals surface area (Å²) in [5, 5.41) is 3.01. The van der Waals surface area contributed by atoms with E-state index in [9.17, 15) is 14.0 Å². The average Bonchev–Trinajstić information content (AvgIpc) is 3.07. The maximum absolute atomic E-state index is 13.6. The van der Waals surface area contributed by atoms with Crippen LogP contribution in [0.3, 0.4) is 0 Å². The molecule has 0 saturated heterocycles. The highest BCUT2D eigenvalue weighted by atomic mass is 79.9. The van der Waals surface area contributed by atoms with Gasteiger partial charge in [0.25, 0.3) is 0 Å². The maximum Gasteiger partial charge on any atom is 0.246 e. The fourth-order valence-corrected chi connectivity index (χ4v) is 6.77. The first kappa shape index (κ1) is 20.2. The molecule has 1 N–H and O–H groups in total. The molecular formula is C25H17BrFNO2S. The lowest BCUT2D eigenvalue weighted by molar-refractivity contribution is -0.118. The summed E-state index contributed by atoms with van der Waals surface area (Å²) >= 11 is 4.92. The van der Waals surface area contributed by atoms with Gasteiger partial charge < -0.3 is 5.32 Å². The molecule has 6 heteroatoms. The zero-order valence-corrected chi connectivity index (χ0v) is 18.7. The molecule has 2 aliphatic rings. The van der Waals surface area contributed by atoms with Crippen LogP contribution in [0.1, 0.15) is 33.8 Å². The Hall–Kier alpha value is -2.70. The summed E-state index contributed by atoms with van der Waals surface area (Å²) in [6.45, 7) is 0. The molecule has 3 aromatic rings. The van der Waals surface area contributed by atoms with Gasteiger partial charge in [-0.15, -0.1) is 0 Å². The van der Waals surface area contributed by atoms with Crippen LogP contribution in [0.15, 0.2) is 88.3 Å². The first-order chi connectivity index (χ1) is 15.0. The Morgan fingerprint density at radius 2 is 1.77 bits per heavy atom. The number of nitrogens with one attached hydrogen (secondary N) is 1. The quantitative estimate of drug-likeness (QED) is 0.428. The molecule has 5 rings (SSSR count). The predicted octanol–water partition coefficient (Wildman–Crippen LogP) is 6.42. The summed E-state index contributed by atoms with van der Waals surface area (Å²) in [5.41, 5.74) is 3.00. The van der Waals surface area contributed by atoms with Crippen LogP contribution in [-0.2, 0) is 9.54 Å². The van der Waals surface area contributed by atoms with Crippen molar-refractivity contribution in [3.05, 3.63) is 111 Å². The number of anilines is 1. The smallest absolute Gasteiger partial charge is 0.246 e. The van der Waals surface area contributed by atoms with E-state index in [4.69, 9.17) is 0 Å². The third kappa shape index (κ3) is 3.25. The number of hydrogen-bond acceptors (Lipinski definition) is 3. The van der Waals surface area contributed by atoms with Crippen LogP contribution < -0.4 is 5.32 Å². The van der Waals surface area contributed by atoms with Gasteiger partial charge in [0.15, 0.2) is 5.78 Å². The van der Waals surface area contributed by atoms with Crippen molar-refractivity contribution in [2.45, 2.75) is 17.1 Å². The molecule has 154 valence electrons. The monoisotopic (exact) mass is 493 g/mol. The standard InChI is InChI=1S/C25H17BrFNO2S/c26-19-7-4-8-20-22(19)25(24(30)28-20)18(15-9-11-17(27)12-10-15)13-14-21(31-25)23(29)16-5-2-1-3-6-16/h1-12,14,18H,13H2,(H,28,30)/t18-,25-/m0/s1. The summed E-state index contributed by atoms with van der Waals surface area (Å²) in [5.74, 6) is -0.851. The van der Waals surface area contributed by atoms with E-state index in [1.165, 1.54) is 23.9 Å². The van der Waals surface area contributed by atoms with Crippen molar-refractivity contribution >= 4 is 45.1 Å². The largest absolute Gasteiger partial charge is 0.324 e. The number of rotatable bonds is 3. The minimum atomic E-state index is -1.04. The molecule has 0 fully saturated rings. The zero-order valence-electron chi connectivity index (χ0n) is 16.3. The lowest BCUT2D eigenvalue weighted by Gasteiger charge is -2.39. The van der Waals surface area contributed by atoms with Gasteiger partial charge in [-0.3, -0.25) is 9.59 Å². The minimum absolute atomic E-state index is 0.101. The SMILES string of the molecule is O=C(C1=CC[C@@H](c2ccc(F)cc2)[C@@]2(S1)C(=O)Nc1cccc(Br)c12)c1ccccc1. The van der Waals surface area contributed by atoms with Crippen molar-refractivity contribution < 1.29 is 14.0 Å². The topological polar surface area (TPSA) is 46.2 Å². The maximum atomic E-state index is 13.6. The molecule has 0 unspecified atom stereocenters. The molecule has 3 nitrogen and oxygen atoms in total. The first-order valence-corrected chi connectivity index (χ1v) is 11.5. The van der Waals surface area contributed by atoms with Crippen molar-refractivity contribution in [3.8, 4) is 0 Å². The van der Waals surface area contributed by atoms with Crippen LogP contribution in [-0.4, -0.2) is 11.7 Å². The Kier molecular flexibility index (Phi) is 5.07. The van der Waals surface area contributed by atoms with E-state index in [0.717, 1.165) is 21.3 Å². The molecule has 2 atom stereocenters.